The minimum atomic E-state index is 0.825. The van der Waals surface area contributed by atoms with Gasteiger partial charge in [0.25, 0.3) is 0 Å². The van der Waals surface area contributed by atoms with Gasteiger partial charge >= 0.3 is 0 Å². The van der Waals surface area contributed by atoms with Gasteiger partial charge < -0.3 is 4.74 Å². The number of likely N-dealkylation sites (tertiary alicyclic amines) is 1. The maximum Gasteiger partial charge on any atom is 0.122 e. The van der Waals surface area contributed by atoms with Crippen LogP contribution in [0.25, 0.3) is 0 Å². The van der Waals surface area contributed by atoms with Gasteiger partial charge in [0.2, 0.25) is 0 Å². The molecule has 0 amide bonds. The third-order valence-electron chi connectivity index (χ3n) is 4.39. The molecular formula is C19H31NO. The van der Waals surface area contributed by atoms with E-state index in [0.29, 0.717) is 0 Å². The average Bonchev–Trinajstić information content (AvgIpc) is 2.54. The number of hydrogen-bond acceptors (Lipinski definition) is 2. The van der Waals surface area contributed by atoms with E-state index in [1.807, 2.05) is 0 Å². The van der Waals surface area contributed by atoms with Crippen molar-refractivity contribution in [1.29, 1.82) is 0 Å². The predicted octanol–water partition coefficient (Wildman–Crippen LogP) is 4.67. The summed E-state index contributed by atoms with van der Waals surface area (Å²) in [4.78, 5) is 2.54. The van der Waals surface area contributed by atoms with Gasteiger partial charge in [0, 0.05) is 6.54 Å². The van der Waals surface area contributed by atoms with E-state index in [4.69, 9.17) is 4.74 Å². The number of para-hydroxylation sites is 1. The van der Waals surface area contributed by atoms with E-state index < -0.39 is 0 Å². The third kappa shape index (κ3) is 6.09. The van der Waals surface area contributed by atoms with Gasteiger partial charge in [0.15, 0.2) is 0 Å². The molecule has 0 radical (unpaired) electrons. The minimum Gasteiger partial charge on any atom is -0.492 e. The highest BCUT2D eigenvalue weighted by Gasteiger charge is 2.10. The molecule has 1 fully saturated rings. The molecule has 1 aromatic rings. The van der Waals surface area contributed by atoms with Crippen LogP contribution in [0.1, 0.15) is 57.4 Å². The Morgan fingerprint density at radius 2 is 1.81 bits per heavy atom. The Morgan fingerprint density at radius 1 is 1.00 bits per heavy atom. The van der Waals surface area contributed by atoms with Crippen molar-refractivity contribution in [1.82, 2.24) is 4.90 Å². The molecule has 1 aromatic carbocycles. The van der Waals surface area contributed by atoms with Crippen molar-refractivity contribution >= 4 is 0 Å². The molecule has 0 unspecified atom stereocenters. The number of hydrogen-bond donors (Lipinski definition) is 0. The lowest BCUT2D eigenvalue weighted by atomic mass is 10.1. The Hall–Kier alpha value is -1.02. The maximum absolute atomic E-state index is 6.06. The van der Waals surface area contributed by atoms with Crippen LogP contribution in [0.15, 0.2) is 24.3 Å². The normalized spacial score (nSPS) is 16.0. The Balaban J connectivity index is 1.73. The van der Waals surface area contributed by atoms with Crippen molar-refractivity contribution in [2.75, 3.05) is 26.2 Å². The summed E-state index contributed by atoms with van der Waals surface area (Å²) in [6.45, 7) is 6.66. The largest absolute Gasteiger partial charge is 0.492 e. The smallest absolute Gasteiger partial charge is 0.122 e. The van der Waals surface area contributed by atoms with E-state index in [0.717, 1.165) is 25.3 Å². The van der Waals surface area contributed by atoms with Gasteiger partial charge in [-0.1, -0.05) is 50.8 Å². The minimum absolute atomic E-state index is 0.825. The highest BCUT2D eigenvalue weighted by molar-refractivity contribution is 5.33. The summed E-state index contributed by atoms with van der Waals surface area (Å²) in [5, 5.41) is 0. The third-order valence-corrected chi connectivity index (χ3v) is 4.39. The van der Waals surface area contributed by atoms with Crippen molar-refractivity contribution in [2.24, 2.45) is 0 Å². The lowest BCUT2D eigenvalue weighted by molar-refractivity contribution is 0.182. The van der Waals surface area contributed by atoms with E-state index in [9.17, 15) is 0 Å². The highest BCUT2D eigenvalue weighted by atomic mass is 16.5. The van der Waals surface area contributed by atoms with Gasteiger partial charge in [-0.3, -0.25) is 4.90 Å². The second-order valence-electron chi connectivity index (χ2n) is 6.17. The number of piperidine rings is 1. The van der Waals surface area contributed by atoms with Gasteiger partial charge in [-0.05, 0) is 50.4 Å². The number of rotatable bonds is 9. The zero-order valence-corrected chi connectivity index (χ0v) is 13.7. The van der Waals surface area contributed by atoms with Crippen LogP contribution in [-0.2, 0) is 6.42 Å². The first-order chi connectivity index (χ1) is 10.4. The van der Waals surface area contributed by atoms with Crippen LogP contribution >= 0.6 is 0 Å². The van der Waals surface area contributed by atoms with Crippen molar-refractivity contribution < 1.29 is 4.74 Å². The van der Waals surface area contributed by atoms with Crippen LogP contribution in [-0.4, -0.2) is 31.1 Å². The molecule has 0 bridgehead atoms. The molecule has 2 nitrogen and oxygen atoms in total. The average molecular weight is 289 g/mol. The molecule has 118 valence electrons. The summed E-state index contributed by atoms with van der Waals surface area (Å²) in [6.07, 6.45) is 10.5. The summed E-state index contributed by atoms with van der Waals surface area (Å²) in [5.41, 5.74) is 1.38. The second-order valence-corrected chi connectivity index (χ2v) is 6.17. The first-order valence-electron chi connectivity index (χ1n) is 8.83. The fourth-order valence-electron chi connectivity index (χ4n) is 3.06. The molecule has 0 atom stereocenters. The zero-order valence-electron chi connectivity index (χ0n) is 13.7. The van der Waals surface area contributed by atoms with Gasteiger partial charge in [-0.2, -0.15) is 0 Å². The Kier molecular flexibility index (Phi) is 7.66. The zero-order chi connectivity index (χ0) is 14.8. The molecule has 1 aliphatic heterocycles. The molecule has 1 aliphatic rings. The Labute approximate surface area is 130 Å². The van der Waals surface area contributed by atoms with Crippen molar-refractivity contribution in [3.8, 4) is 5.75 Å². The van der Waals surface area contributed by atoms with Crippen molar-refractivity contribution in [3.63, 3.8) is 0 Å². The van der Waals surface area contributed by atoms with E-state index in [2.05, 4.69) is 36.1 Å². The quantitative estimate of drug-likeness (QED) is 0.612. The monoisotopic (exact) mass is 289 g/mol. The molecule has 0 saturated carbocycles. The fourth-order valence-corrected chi connectivity index (χ4v) is 3.06. The summed E-state index contributed by atoms with van der Waals surface area (Å²) < 4.78 is 6.06. The first-order valence-corrected chi connectivity index (χ1v) is 8.83. The summed E-state index contributed by atoms with van der Waals surface area (Å²) in [6, 6.07) is 8.58. The fraction of sp³-hybridized carbons (Fsp3) is 0.684. The topological polar surface area (TPSA) is 12.5 Å². The predicted molar refractivity (Wildman–Crippen MR) is 90.1 cm³/mol. The Bertz CT molecular complexity index is 385. The molecular weight excluding hydrogens is 258 g/mol. The number of unbranched alkanes of at least 4 members (excludes halogenated alkanes) is 3. The van der Waals surface area contributed by atoms with Gasteiger partial charge in [-0.15, -0.1) is 0 Å². The van der Waals surface area contributed by atoms with Crippen LogP contribution in [0.3, 0.4) is 0 Å². The highest BCUT2D eigenvalue weighted by Crippen LogP contribution is 2.20. The van der Waals surface area contributed by atoms with Crippen LogP contribution in [0.4, 0.5) is 0 Å². The van der Waals surface area contributed by atoms with Crippen LogP contribution < -0.4 is 4.74 Å². The lowest BCUT2D eigenvalue weighted by Gasteiger charge is -2.26. The molecule has 2 rings (SSSR count). The molecule has 1 heterocycles. The van der Waals surface area contributed by atoms with E-state index in [-0.39, 0.29) is 0 Å². The van der Waals surface area contributed by atoms with E-state index in [1.54, 1.807) is 0 Å². The van der Waals surface area contributed by atoms with Gasteiger partial charge in [0.05, 0.1) is 0 Å². The van der Waals surface area contributed by atoms with E-state index in [1.165, 1.54) is 63.6 Å². The number of benzene rings is 1. The molecule has 0 spiro atoms. The summed E-state index contributed by atoms with van der Waals surface area (Å²) >= 11 is 0. The van der Waals surface area contributed by atoms with Crippen molar-refractivity contribution in [3.05, 3.63) is 29.8 Å². The lowest BCUT2D eigenvalue weighted by Crippen LogP contribution is -2.33. The van der Waals surface area contributed by atoms with Gasteiger partial charge in [-0.25, -0.2) is 0 Å². The van der Waals surface area contributed by atoms with Crippen molar-refractivity contribution in [2.45, 2.75) is 58.3 Å². The van der Waals surface area contributed by atoms with Crippen LogP contribution in [0, 0.1) is 0 Å². The van der Waals surface area contributed by atoms with Crippen LogP contribution in [0.5, 0.6) is 5.75 Å². The molecule has 0 aromatic heterocycles. The standard InChI is InChI=1S/C19H31NO/c1-2-3-4-6-11-18-12-7-8-13-19(18)21-17-16-20-14-9-5-10-15-20/h7-8,12-13H,2-6,9-11,14-17H2,1H3. The molecule has 21 heavy (non-hydrogen) atoms. The molecule has 2 heteroatoms. The van der Waals surface area contributed by atoms with Gasteiger partial charge in [0.1, 0.15) is 12.4 Å². The maximum atomic E-state index is 6.06. The van der Waals surface area contributed by atoms with E-state index >= 15 is 0 Å². The second kappa shape index (κ2) is 9.83. The molecule has 0 aliphatic carbocycles. The SMILES string of the molecule is CCCCCCc1ccccc1OCCN1CCCCC1. The van der Waals surface area contributed by atoms with Crippen LogP contribution in [0.2, 0.25) is 0 Å². The molecule has 1 saturated heterocycles. The molecule has 0 N–H and O–H groups in total. The number of aryl methyl sites for hydroxylation is 1. The number of nitrogens with zero attached hydrogens (tertiary/aromatic N) is 1. The Morgan fingerprint density at radius 3 is 2.62 bits per heavy atom. The first kappa shape index (κ1) is 16.4. The summed E-state index contributed by atoms with van der Waals surface area (Å²) in [7, 11) is 0. The number of ether oxygens (including phenoxy) is 1. The summed E-state index contributed by atoms with van der Waals surface area (Å²) in [5.74, 6) is 1.10.